The van der Waals surface area contributed by atoms with Gasteiger partial charge in [0.2, 0.25) is 5.91 Å². The van der Waals surface area contributed by atoms with E-state index in [0.717, 1.165) is 0 Å². The Balaban J connectivity index is 1.43. The van der Waals surface area contributed by atoms with Crippen LogP contribution in [0.1, 0.15) is 21.5 Å². The van der Waals surface area contributed by atoms with Crippen molar-refractivity contribution >= 4 is 17.5 Å². The molecule has 0 radical (unpaired) electrons. The molecule has 0 aromatic heterocycles. The second kappa shape index (κ2) is 11.5. The van der Waals surface area contributed by atoms with Gasteiger partial charge in [0.05, 0.1) is 6.54 Å². The molecule has 9 heteroatoms. The van der Waals surface area contributed by atoms with Gasteiger partial charge in [0, 0.05) is 29.4 Å². The van der Waals surface area contributed by atoms with Gasteiger partial charge in [0.1, 0.15) is 5.75 Å². The summed E-state index contributed by atoms with van der Waals surface area (Å²) < 4.78 is 40.8. The quantitative estimate of drug-likeness (QED) is 0.362. The van der Waals surface area contributed by atoms with Crippen LogP contribution in [0.4, 0.5) is 18.9 Å². The SMILES string of the molecule is O=C(CNCc1cccc(OC(F)(F)F)c1)Nc1ccc(C#CNC(=O)c2ccccc2)cc1. The second-order valence-electron chi connectivity index (χ2n) is 6.99. The average Bonchev–Trinajstić information content (AvgIpc) is 2.80. The van der Waals surface area contributed by atoms with E-state index in [-0.39, 0.29) is 30.7 Å². The summed E-state index contributed by atoms with van der Waals surface area (Å²) in [6, 6.07) is 23.5. The third kappa shape index (κ3) is 8.33. The number of alkyl halides is 3. The maximum Gasteiger partial charge on any atom is 0.573 e. The Bertz CT molecular complexity index is 1190. The third-order valence-corrected chi connectivity index (χ3v) is 4.33. The molecule has 3 aromatic carbocycles. The lowest BCUT2D eigenvalue weighted by atomic mass is 10.2. The van der Waals surface area contributed by atoms with Crippen molar-refractivity contribution in [1.82, 2.24) is 10.6 Å². The molecule has 0 saturated carbocycles. The third-order valence-electron chi connectivity index (χ3n) is 4.33. The highest BCUT2D eigenvalue weighted by molar-refractivity contribution is 5.95. The predicted octanol–water partition coefficient (Wildman–Crippen LogP) is 4.05. The van der Waals surface area contributed by atoms with Gasteiger partial charge < -0.3 is 15.4 Å². The summed E-state index contributed by atoms with van der Waals surface area (Å²) in [6.45, 7) is 0.142. The van der Waals surface area contributed by atoms with Gasteiger partial charge in [-0.3, -0.25) is 14.9 Å². The van der Waals surface area contributed by atoms with Crippen molar-refractivity contribution in [2.24, 2.45) is 0 Å². The number of rotatable bonds is 7. The van der Waals surface area contributed by atoms with Crippen LogP contribution in [0.25, 0.3) is 0 Å². The van der Waals surface area contributed by atoms with Crippen molar-refractivity contribution in [2.75, 3.05) is 11.9 Å². The molecule has 0 aliphatic carbocycles. The Kier molecular flexibility index (Phi) is 8.26. The summed E-state index contributed by atoms with van der Waals surface area (Å²) in [4.78, 5) is 24.0. The number of hydrogen-bond donors (Lipinski definition) is 3. The zero-order valence-electron chi connectivity index (χ0n) is 17.8. The van der Waals surface area contributed by atoms with E-state index in [4.69, 9.17) is 0 Å². The van der Waals surface area contributed by atoms with E-state index < -0.39 is 6.36 Å². The van der Waals surface area contributed by atoms with Gasteiger partial charge in [-0.2, -0.15) is 0 Å². The number of carbonyl (C=O) groups is 2. The number of amides is 2. The molecule has 0 unspecified atom stereocenters. The molecule has 3 aromatic rings. The summed E-state index contributed by atoms with van der Waals surface area (Å²) in [5.41, 5.74) is 2.24. The molecule has 3 rings (SSSR count). The maximum absolute atomic E-state index is 12.3. The van der Waals surface area contributed by atoms with Crippen molar-refractivity contribution in [3.8, 4) is 17.7 Å². The smallest absolute Gasteiger partial charge is 0.406 e. The molecule has 0 fully saturated rings. The number of carbonyl (C=O) groups excluding carboxylic acids is 2. The zero-order valence-corrected chi connectivity index (χ0v) is 17.8. The van der Waals surface area contributed by atoms with E-state index in [2.05, 4.69) is 32.7 Å². The topological polar surface area (TPSA) is 79.5 Å². The molecule has 174 valence electrons. The molecule has 2 amide bonds. The van der Waals surface area contributed by atoms with Crippen molar-refractivity contribution in [2.45, 2.75) is 12.9 Å². The van der Waals surface area contributed by atoms with Crippen LogP contribution in [0.5, 0.6) is 5.75 Å². The van der Waals surface area contributed by atoms with Gasteiger partial charge in [0.25, 0.3) is 5.91 Å². The molecular formula is C25H20F3N3O3. The number of halogens is 3. The molecule has 0 aliphatic rings. The van der Waals surface area contributed by atoms with Crippen LogP contribution in [-0.4, -0.2) is 24.7 Å². The highest BCUT2D eigenvalue weighted by Crippen LogP contribution is 2.23. The first-order valence-corrected chi connectivity index (χ1v) is 10.1. The minimum absolute atomic E-state index is 0.0442. The Hall–Kier alpha value is -4.29. The molecule has 3 N–H and O–H groups in total. The highest BCUT2D eigenvalue weighted by Gasteiger charge is 2.31. The molecule has 0 atom stereocenters. The number of hydrogen-bond acceptors (Lipinski definition) is 4. The standard InChI is InChI=1S/C25H20F3N3O3/c26-25(27,28)34-22-8-4-5-19(15-22)16-29-17-23(32)31-21-11-9-18(10-12-21)13-14-30-24(33)20-6-2-1-3-7-20/h1-12,15,29H,16-17H2,(H,30,33)(H,31,32). The Labute approximate surface area is 194 Å². The van der Waals surface area contributed by atoms with Gasteiger partial charge in [-0.05, 0) is 60.0 Å². The lowest BCUT2D eigenvalue weighted by molar-refractivity contribution is -0.274. The highest BCUT2D eigenvalue weighted by atomic mass is 19.4. The maximum atomic E-state index is 12.3. The van der Waals surface area contributed by atoms with Gasteiger partial charge in [-0.15, -0.1) is 13.2 Å². The van der Waals surface area contributed by atoms with Crippen LogP contribution in [0.3, 0.4) is 0 Å². The molecule has 0 aliphatic heterocycles. The fourth-order valence-corrected chi connectivity index (χ4v) is 2.84. The summed E-state index contributed by atoms with van der Waals surface area (Å²) in [5.74, 6) is 1.86. The van der Waals surface area contributed by atoms with E-state index >= 15 is 0 Å². The van der Waals surface area contributed by atoms with E-state index in [1.807, 2.05) is 6.07 Å². The van der Waals surface area contributed by atoms with Gasteiger partial charge in [-0.25, -0.2) is 0 Å². The monoisotopic (exact) mass is 467 g/mol. The average molecular weight is 467 g/mol. The number of nitrogens with one attached hydrogen (secondary N) is 3. The summed E-state index contributed by atoms with van der Waals surface area (Å²) in [7, 11) is 0. The fourth-order valence-electron chi connectivity index (χ4n) is 2.84. The van der Waals surface area contributed by atoms with Crippen LogP contribution < -0.4 is 20.7 Å². The first-order chi connectivity index (χ1) is 16.3. The van der Waals surface area contributed by atoms with Gasteiger partial charge in [-0.1, -0.05) is 30.3 Å². The van der Waals surface area contributed by atoms with Crippen molar-refractivity contribution in [3.63, 3.8) is 0 Å². The summed E-state index contributed by atoms with van der Waals surface area (Å²) in [5, 5.41) is 8.07. The second-order valence-corrected chi connectivity index (χ2v) is 6.99. The zero-order chi connectivity index (χ0) is 24.4. The van der Waals surface area contributed by atoms with Crippen LogP contribution in [0.2, 0.25) is 0 Å². The number of anilines is 1. The van der Waals surface area contributed by atoms with Crippen LogP contribution in [-0.2, 0) is 11.3 Å². The van der Waals surface area contributed by atoms with Crippen LogP contribution in [0, 0.1) is 12.0 Å². The predicted molar refractivity (Wildman–Crippen MR) is 121 cm³/mol. The Morgan fingerprint density at radius 1 is 0.912 bits per heavy atom. The minimum atomic E-state index is -4.76. The Morgan fingerprint density at radius 3 is 2.35 bits per heavy atom. The van der Waals surface area contributed by atoms with E-state index in [0.29, 0.717) is 22.4 Å². The normalized spacial score (nSPS) is 10.6. The van der Waals surface area contributed by atoms with Crippen molar-refractivity contribution in [3.05, 3.63) is 95.6 Å². The molecule has 0 spiro atoms. The van der Waals surface area contributed by atoms with Crippen LogP contribution in [0.15, 0.2) is 78.9 Å². The van der Waals surface area contributed by atoms with E-state index in [1.165, 1.54) is 18.2 Å². The fraction of sp³-hybridized carbons (Fsp3) is 0.120. The Morgan fingerprint density at radius 2 is 1.65 bits per heavy atom. The van der Waals surface area contributed by atoms with Crippen LogP contribution >= 0.6 is 0 Å². The van der Waals surface area contributed by atoms with Gasteiger partial charge >= 0.3 is 6.36 Å². The first kappa shape index (κ1) is 24.4. The van der Waals surface area contributed by atoms with Gasteiger partial charge in [0.15, 0.2) is 0 Å². The lowest BCUT2D eigenvalue weighted by Crippen LogP contribution is -2.27. The molecule has 0 bridgehead atoms. The lowest BCUT2D eigenvalue weighted by Gasteiger charge is -2.10. The molecule has 0 saturated heterocycles. The van der Waals surface area contributed by atoms with E-state index in [1.54, 1.807) is 54.6 Å². The molecule has 34 heavy (non-hydrogen) atoms. The largest absolute Gasteiger partial charge is 0.573 e. The van der Waals surface area contributed by atoms with E-state index in [9.17, 15) is 22.8 Å². The number of benzene rings is 3. The molecule has 0 heterocycles. The summed E-state index contributed by atoms with van der Waals surface area (Å²) >= 11 is 0. The minimum Gasteiger partial charge on any atom is -0.406 e. The number of ether oxygens (including phenoxy) is 1. The van der Waals surface area contributed by atoms with Crippen molar-refractivity contribution in [1.29, 1.82) is 0 Å². The summed E-state index contributed by atoms with van der Waals surface area (Å²) in [6.07, 6.45) is -4.76. The molecule has 6 nitrogen and oxygen atoms in total. The van der Waals surface area contributed by atoms with Crippen molar-refractivity contribution < 1.29 is 27.5 Å². The first-order valence-electron chi connectivity index (χ1n) is 10.1. The molecular weight excluding hydrogens is 447 g/mol.